The number of hydrogen-bond donors (Lipinski definition) is 2. The van der Waals surface area contributed by atoms with E-state index in [4.69, 9.17) is 0 Å². The Bertz CT molecular complexity index is 964. The highest BCUT2D eigenvalue weighted by molar-refractivity contribution is 6.11. The Morgan fingerprint density at radius 1 is 0.963 bits per heavy atom. The molecule has 2 N–H and O–H groups in total. The summed E-state index contributed by atoms with van der Waals surface area (Å²) in [5.74, 6) is 0.175. The Hall–Kier alpha value is -3.93. The second kappa shape index (κ2) is 8.44. The summed E-state index contributed by atoms with van der Waals surface area (Å²) < 4.78 is 0. The summed E-state index contributed by atoms with van der Waals surface area (Å²) in [5, 5.41) is 24.6. The summed E-state index contributed by atoms with van der Waals surface area (Å²) >= 11 is 0. The third-order valence-electron chi connectivity index (χ3n) is 3.78. The molecule has 0 unspecified atom stereocenters. The van der Waals surface area contributed by atoms with E-state index in [1.165, 1.54) is 12.1 Å². The SMILES string of the molecule is O=[N+]([O-])c1ccc(N/N=C(/C=C/c2ccccc2)c2ccc(O)cc2)cc1. The first-order valence-corrected chi connectivity index (χ1v) is 8.22. The van der Waals surface area contributed by atoms with Crippen LogP contribution in [0, 0.1) is 10.1 Å². The van der Waals surface area contributed by atoms with E-state index in [9.17, 15) is 15.2 Å². The van der Waals surface area contributed by atoms with Crippen molar-refractivity contribution in [2.45, 2.75) is 0 Å². The number of phenols is 1. The molecular weight excluding hydrogens is 342 g/mol. The zero-order chi connectivity index (χ0) is 19.1. The monoisotopic (exact) mass is 359 g/mol. The Morgan fingerprint density at radius 3 is 2.26 bits per heavy atom. The first-order valence-electron chi connectivity index (χ1n) is 8.22. The number of rotatable bonds is 6. The number of benzene rings is 3. The summed E-state index contributed by atoms with van der Waals surface area (Å²) in [7, 11) is 0. The zero-order valence-corrected chi connectivity index (χ0v) is 14.3. The molecule has 0 heterocycles. The van der Waals surface area contributed by atoms with Crippen molar-refractivity contribution < 1.29 is 10.0 Å². The number of aromatic hydroxyl groups is 1. The third kappa shape index (κ3) is 5.02. The van der Waals surface area contributed by atoms with Gasteiger partial charge in [0.1, 0.15) is 5.75 Å². The molecule has 0 spiro atoms. The molecule has 27 heavy (non-hydrogen) atoms. The maximum Gasteiger partial charge on any atom is 0.269 e. The minimum atomic E-state index is -0.447. The van der Waals surface area contributed by atoms with Crippen LogP contribution in [0.5, 0.6) is 5.75 Å². The van der Waals surface area contributed by atoms with Gasteiger partial charge in [-0.15, -0.1) is 0 Å². The van der Waals surface area contributed by atoms with Crippen LogP contribution in [0.2, 0.25) is 0 Å². The van der Waals surface area contributed by atoms with Gasteiger partial charge in [0.25, 0.3) is 5.69 Å². The molecule has 0 radical (unpaired) electrons. The van der Waals surface area contributed by atoms with Gasteiger partial charge in [-0.05, 0) is 48.0 Å². The van der Waals surface area contributed by atoms with E-state index in [1.807, 2.05) is 42.5 Å². The number of anilines is 1. The van der Waals surface area contributed by atoms with Crippen molar-refractivity contribution in [3.8, 4) is 5.75 Å². The molecule has 3 rings (SSSR count). The number of nitrogens with one attached hydrogen (secondary N) is 1. The van der Waals surface area contributed by atoms with Gasteiger partial charge in [-0.2, -0.15) is 5.10 Å². The molecule has 0 amide bonds. The number of nitro benzene ring substituents is 1. The van der Waals surface area contributed by atoms with Gasteiger partial charge in [-0.3, -0.25) is 15.5 Å². The second-order valence-electron chi connectivity index (χ2n) is 5.70. The predicted octanol–water partition coefficient (Wildman–Crippen LogP) is 4.83. The lowest BCUT2D eigenvalue weighted by Crippen LogP contribution is -2.01. The van der Waals surface area contributed by atoms with E-state index in [-0.39, 0.29) is 11.4 Å². The van der Waals surface area contributed by atoms with Crippen LogP contribution in [-0.4, -0.2) is 15.7 Å². The normalized spacial score (nSPS) is 11.5. The van der Waals surface area contributed by atoms with Crippen LogP contribution >= 0.6 is 0 Å². The van der Waals surface area contributed by atoms with Gasteiger partial charge in [-0.25, -0.2) is 0 Å². The van der Waals surface area contributed by atoms with E-state index in [2.05, 4.69) is 10.5 Å². The largest absolute Gasteiger partial charge is 0.508 e. The Kier molecular flexibility index (Phi) is 5.59. The number of hydrazone groups is 1. The van der Waals surface area contributed by atoms with Crippen LogP contribution in [-0.2, 0) is 0 Å². The lowest BCUT2D eigenvalue weighted by Gasteiger charge is -2.05. The predicted molar refractivity (Wildman–Crippen MR) is 107 cm³/mol. The van der Waals surface area contributed by atoms with Crippen LogP contribution in [0.25, 0.3) is 6.08 Å². The van der Waals surface area contributed by atoms with Crippen LogP contribution < -0.4 is 5.43 Å². The number of allylic oxidation sites excluding steroid dienone is 1. The molecular formula is C21H17N3O3. The molecule has 6 nitrogen and oxygen atoms in total. The van der Waals surface area contributed by atoms with Gasteiger partial charge in [0, 0.05) is 17.7 Å². The van der Waals surface area contributed by atoms with Crippen LogP contribution in [0.4, 0.5) is 11.4 Å². The number of nitro groups is 1. The van der Waals surface area contributed by atoms with Gasteiger partial charge in [0.2, 0.25) is 0 Å². The summed E-state index contributed by atoms with van der Waals surface area (Å²) in [6.07, 6.45) is 3.79. The van der Waals surface area contributed by atoms with Crippen molar-refractivity contribution in [2.24, 2.45) is 5.10 Å². The van der Waals surface area contributed by atoms with Gasteiger partial charge in [-0.1, -0.05) is 36.4 Å². The maximum absolute atomic E-state index is 10.7. The number of phenolic OH excluding ortho intramolecular Hbond substituents is 1. The standard InChI is InChI=1S/C21H17N3O3/c25-20-13-7-17(8-14-20)21(15-6-16-4-2-1-3-5-16)23-22-18-9-11-19(12-10-18)24(26)27/h1-15,22,25H/b15-6+,23-21-. The molecule has 3 aromatic carbocycles. The highest BCUT2D eigenvalue weighted by atomic mass is 16.6. The van der Waals surface area contributed by atoms with Crippen molar-refractivity contribution in [2.75, 3.05) is 5.43 Å². The fraction of sp³-hybridized carbons (Fsp3) is 0. The average Bonchev–Trinajstić information content (AvgIpc) is 2.70. The van der Waals surface area contributed by atoms with Crippen molar-refractivity contribution >= 4 is 23.2 Å². The third-order valence-corrected chi connectivity index (χ3v) is 3.78. The average molecular weight is 359 g/mol. The smallest absolute Gasteiger partial charge is 0.269 e. The van der Waals surface area contributed by atoms with E-state index in [0.717, 1.165) is 11.1 Å². The molecule has 0 saturated carbocycles. The minimum absolute atomic E-state index is 0.0206. The fourth-order valence-electron chi connectivity index (χ4n) is 2.35. The van der Waals surface area contributed by atoms with E-state index < -0.39 is 4.92 Å². The first-order chi connectivity index (χ1) is 13.1. The molecule has 6 heteroatoms. The van der Waals surface area contributed by atoms with Crippen molar-refractivity contribution in [3.63, 3.8) is 0 Å². The first kappa shape index (κ1) is 17.9. The van der Waals surface area contributed by atoms with Crippen molar-refractivity contribution in [1.29, 1.82) is 0 Å². The summed E-state index contributed by atoms with van der Waals surface area (Å²) in [6, 6.07) is 22.5. The van der Waals surface area contributed by atoms with Gasteiger partial charge < -0.3 is 5.11 Å². The highest BCUT2D eigenvalue weighted by Gasteiger charge is 2.04. The summed E-state index contributed by atoms with van der Waals surface area (Å²) in [5.41, 5.74) is 6.05. The second-order valence-corrected chi connectivity index (χ2v) is 5.70. The number of non-ortho nitro benzene ring substituents is 1. The van der Waals surface area contributed by atoms with Crippen LogP contribution in [0.15, 0.2) is 90.0 Å². The quantitative estimate of drug-likeness (QED) is 0.375. The summed E-state index contributed by atoms with van der Waals surface area (Å²) in [4.78, 5) is 10.3. The molecule has 134 valence electrons. The number of hydrogen-bond acceptors (Lipinski definition) is 5. The number of nitrogens with zero attached hydrogens (tertiary/aromatic N) is 2. The van der Waals surface area contributed by atoms with Crippen molar-refractivity contribution in [3.05, 3.63) is 106 Å². The lowest BCUT2D eigenvalue weighted by atomic mass is 10.1. The van der Waals surface area contributed by atoms with Crippen molar-refractivity contribution in [1.82, 2.24) is 0 Å². The van der Waals surface area contributed by atoms with Gasteiger partial charge >= 0.3 is 0 Å². The minimum Gasteiger partial charge on any atom is -0.508 e. The van der Waals surface area contributed by atoms with E-state index >= 15 is 0 Å². The molecule has 3 aromatic rings. The molecule has 0 aliphatic heterocycles. The molecule has 0 bridgehead atoms. The topological polar surface area (TPSA) is 87.8 Å². The lowest BCUT2D eigenvalue weighted by molar-refractivity contribution is -0.384. The Morgan fingerprint density at radius 2 is 1.63 bits per heavy atom. The van der Waals surface area contributed by atoms with Gasteiger partial charge in [0.15, 0.2) is 0 Å². The molecule has 0 saturated heterocycles. The molecule has 0 atom stereocenters. The summed E-state index contributed by atoms with van der Waals surface area (Å²) in [6.45, 7) is 0. The Labute approximate surface area is 156 Å². The Balaban J connectivity index is 1.86. The highest BCUT2D eigenvalue weighted by Crippen LogP contribution is 2.17. The molecule has 0 aliphatic carbocycles. The molecule has 0 aliphatic rings. The van der Waals surface area contributed by atoms with E-state index in [0.29, 0.717) is 11.4 Å². The fourth-order valence-corrected chi connectivity index (χ4v) is 2.35. The zero-order valence-electron chi connectivity index (χ0n) is 14.3. The van der Waals surface area contributed by atoms with Crippen LogP contribution in [0.3, 0.4) is 0 Å². The van der Waals surface area contributed by atoms with E-state index in [1.54, 1.807) is 36.4 Å². The van der Waals surface area contributed by atoms with Crippen LogP contribution in [0.1, 0.15) is 11.1 Å². The molecule has 0 aromatic heterocycles. The molecule has 0 fully saturated rings. The van der Waals surface area contributed by atoms with Gasteiger partial charge in [0.05, 0.1) is 16.3 Å². The maximum atomic E-state index is 10.7.